The molecule has 0 aliphatic carbocycles. The fourth-order valence-electron chi connectivity index (χ4n) is 0.394. The van der Waals surface area contributed by atoms with Crippen LogP contribution in [0.15, 0.2) is 12.7 Å². The van der Waals surface area contributed by atoms with Crippen molar-refractivity contribution in [1.82, 2.24) is 0 Å². The minimum Gasteiger partial charge on any atom is -0.461 e. The third kappa shape index (κ3) is 3.75. The van der Waals surface area contributed by atoms with E-state index in [2.05, 4.69) is 11.3 Å². The Kier molecular flexibility index (Phi) is 4.49. The summed E-state index contributed by atoms with van der Waals surface area (Å²) in [5, 5.41) is 17.0. The second-order valence-electron chi connectivity index (χ2n) is 2.12. The lowest BCUT2D eigenvalue weighted by Crippen LogP contribution is -2.26. The molecule has 0 saturated carbocycles. The van der Waals surface area contributed by atoms with Crippen LogP contribution in [0.25, 0.3) is 0 Å². The van der Waals surface area contributed by atoms with Gasteiger partial charge in [0.25, 0.3) is 0 Å². The van der Waals surface area contributed by atoms with Crippen LogP contribution in [0.2, 0.25) is 0 Å². The first-order valence-corrected chi connectivity index (χ1v) is 3.23. The Morgan fingerprint density at radius 3 is 2.64 bits per heavy atom. The zero-order chi connectivity index (χ0) is 8.85. The Bertz CT molecular complexity index is 141. The number of ether oxygens (including phenoxy) is 1. The summed E-state index contributed by atoms with van der Waals surface area (Å²) in [6.07, 6.45) is -0.249. The molecular formula is C7H12O4. The van der Waals surface area contributed by atoms with Gasteiger partial charge in [0.15, 0.2) is 6.29 Å². The molecule has 0 rings (SSSR count). The summed E-state index contributed by atoms with van der Waals surface area (Å²) in [5.41, 5.74) is 0. The molecule has 0 aromatic rings. The van der Waals surface area contributed by atoms with Crippen molar-refractivity contribution >= 4 is 5.97 Å². The Balaban J connectivity index is 3.73. The highest BCUT2D eigenvalue weighted by molar-refractivity contribution is 5.72. The van der Waals surface area contributed by atoms with Crippen molar-refractivity contribution in [2.75, 3.05) is 6.61 Å². The molecule has 4 nitrogen and oxygen atoms in total. The number of rotatable bonds is 4. The van der Waals surface area contributed by atoms with Crippen molar-refractivity contribution in [1.29, 1.82) is 0 Å². The fraction of sp³-hybridized carbons (Fsp3) is 0.571. The van der Waals surface area contributed by atoms with E-state index in [0.29, 0.717) is 0 Å². The highest BCUT2D eigenvalue weighted by Gasteiger charge is 2.20. The highest BCUT2D eigenvalue weighted by atomic mass is 16.5. The lowest BCUT2D eigenvalue weighted by molar-refractivity contribution is -0.161. The Morgan fingerprint density at radius 2 is 2.27 bits per heavy atom. The van der Waals surface area contributed by atoms with Crippen LogP contribution in [0.5, 0.6) is 0 Å². The predicted molar refractivity (Wildman–Crippen MR) is 38.5 cm³/mol. The first-order chi connectivity index (χ1) is 5.09. The number of carbonyl (C=O) groups excluding carboxylic acids is 1. The van der Waals surface area contributed by atoms with E-state index in [4.69, 9.17) is 10.2 Å². The van der Waals surface area contributed by atoms with Gasteiger partial charge in [-0.25, -0.2) is 0 Å². The van der Waals surface area contributed by atoms with Crippen molar-refractivity contribution in [2.24, 2.45) is 5.92 Å². The lowest BCUT2D eigenvalue weighted by atomic mass is 10.2. The number of carbonyl (C=O) groups is 1. The van der Waals surface area contributed by atoms with Gasteiger partial charge >= 0.3 is 5.97 Å². The first-order valence-electron chi connectivity index (χ1n) is 3.23. The van der Waals surface area contributed by atoms with E-state index in [1.54, 1.807) is 0 Å². The summed E-state index contributed by atoms with van der Waals surface area (Å²) in [6, 6.07) is 0. The molecule has 1 unspecified atom stereocenters. The van der Waals surface area contributed by atoms with E-state index >= 15 is 0 Å². The summed E-state index contributed by atoms with van der Waals surface area (Å²) < 4.78 is 4.54. The van der Waals surface area contributed by atoms with Gasteiger partial charge in [-0.3, -0.25) is 4.79 Å². The number of aliphatic hydroxyl groups is 2. The molecule has 0 bridgehead atoms. The van der Waals surface area contributed by atoms with Gasteiger partial charge in [-0.2, -0.15) is 0 Å². The van der Waals surface area contributed by atoms with Crippen LogP contribution in [0.4, 0.5) is 0 Å². The average molecular weight is 160 g/mol. The van der Waals surface area contributed by atoms with Crippen LogP contribution in [0.3, 0.4) is 0 Å². The Morgan fingerprint density at radius 1 is 1.73 bits per heavy atom. The maximum atomic E-state index is 10.8. The molecule has 0 heterocycles. The normalized spacial score (nSPS) is 12.7. The highest BCUT2D eigenvalue weighted by Crippen LogP contribution is 2.02. The molecule has 0 aliphatic heterocycles. The molecule has 0 saturated heterocycles. The third-order valence-electron chi connectivity index (χ3n) is 1.16. The van der Waals surface area contributed by atoms with Gasteiger partial charge in [0.2, 0.25) is 0 Å². The van der Waals surface area contributed by atoms with Crippen LogP contribution in [-0.4, -0.2) is 29.1 Å². The fourth-order valence-corrected chi connectivity index (χ4v) is 0.394. The summed E-state index contributed by atoms with van der Waals surface area (Å²) >= 11 is 0. The SMILES string of the molecule is C=CCOC(=O)C(C)C(O)O. The van der Waals surface area contributed by atoms with Crippen molar-refractivity contribution in [3.05, 3.63) is 12.7 Å². The zero-order valence-corrected chi connectivity index (χ0v) is 6.36. The van der Waals surface area contributed by atoms with Crippen LogP contribution < -0.4 is 0 Å². The van der Waals surface area contributed by atoms with E-state index in [1.165, 1.54) is 13.0 Å². The monoisotopic (exact) mass is 160 g/mol. The quantitative estimate of drug-likeness (QED) is 0.335. The summed E-state index contributed by atoms with van der Waals surface area (Å²) in [7, 11) is 0. The maximum Gasteiger partial charge on any atom is 0.314 e. The topological polar surface area (TPSA) is 66.8 Å². The van der Waals surface area contributed by atoms with E-state index < -0.39 is 18.2 Å². The van der Waals surface area contributed by atoms with Crippen molar-refractivity contribution in [2.45, 2.75) is 13.2 Å². The smallest absolute Gasteiger partial charge is 0.314 e. The zero-order valence-electron chi connectivity index (χ0n) is 6.36. The minimum atomic E-state index is -1.66. The van der Waals surface area contributed by atoms with Gasteiger partial charge in [0.1, 0.15) is 12.5 Å². The maximum absolute atomic E-state index is 10.8. The number of esters is 1. The summed E-state index contributed by atoms with van der Waals surface area (Å²) in [5.74, 6) is -1.55. The van der Waals surface area contributed by atoms with E-state index in [1.807, 2.05) is 0 Å². The Labute approximate surface area is 65.1 Å². The molecule has 0 aromatic carbocycles. The van der Waals surface area contributed by atoms with Gasteiger partial charge < -0.3 is 14.9 Å². The Hall–Kier alpha value is -0.870. The largest absolute Gasteiger partial charge is 0.461 e. The molecule has 0 aliphatic rings. The molecule has 0 amide bonds. The average Bonchev–Trinajstić information content (AvgIpc) is 1.98. The molecule has 1 atom stereocenters. The van der Waals surface area contributed by atoms with Gasteiger partial charge in [0.05, 0.1) is 0 Å². The molecule has 64 valence electrons. The molecule has 0 radical (unpaired) electrons. The molecule has 2 N–H and O–H groups in total. The second kappa shape index (κ2) is 4.87. The van der Waals surface area contributed by atoms with Crippen LogP contribution in [-0.2, 0) is 9.53 Å². The first kappa shape index (κ1) is 10.1. The van der Waals surface area contributed by atoms with E-state index in [-0.39, 0.29) is 6.61 Å². The molecule has 11 heavy (non-hydrogen) atoms. The van der Waals surface area contributed by atoms with E-state index in [9.17, 15) is 4.79 Å². The standard InChI is InChI=1S/C7H12O4/c1-3-4-11-7(10)5(2)6(8)9/h3,5-6,8-9H,1,4H2,2H3. The van der Waals surface area contributed by atoms with Crippen LogP contribution >= 0.6 is 0 Å². The van der Waals surface area contributed by atoms with Gasteiger partial charge in [-0.15, -0.1) is 0 Å². The molecule has 0 spiro atoms. The molecule has 4 heteroatoms. The number of hydrogen-bond donors (Lipinski definition) is 2. The summed E-state index contributed by atoms with van der Waals surface area (Å²) in [6.45, 7) is 4.80. The lowest BCUT2D eigenvalue weighted by Gasteiger charge is -2.11. The van der Waals surface area contributed by atoms with Crippen LogP contribution in [0, 0.1) is 5.92 Å². The van der Waals surface area contributed by atoms with Crippen LogP contribution in [0.1, 0.15) is 6.92 Å². The minimum absolute atomic E-state index is 0.0931. The molecular weight excluding hydrogens is 148 g/mol. The van der Waals surface area contributed by atoms with Crippen molar-refractivity contribution < 1.29 is 19.7 Å². The van der Waals surface area contributed by atoms with Gasteiger partial charge in [-0.05, 0) is 6.92 Å². The summed E-state index contributed by atoms with van der Waals surface area (Å²) in [4.78, 5) is 10.8. The third-order valence-corrected chi connectivity index (χ3v) is 1.16. The molecule has 0 fully saturated rings. The second-order valence-corrected chi connectivity index (χ2v) is 2.12. The number of hydrogen-bond acceptors (Lipinski definition) is 4. The molecule has 0 aromatic heterocycles. The van der Waals surface area contributed by atoms with Crippen molar-refractivity contribution in [3.8, 4) is 0 Å². The number of aliphatic hydroxyl groups excluding tert-OH is 1. The van der Waals surface area contributed by atoms with Gasteiger partial charge in [-0.1, -0.05) is 12.7 Å². The van der Waals surface area contributed by atoms with E-state index in [0.717, 1.165) is 0 Å². The van der Waals surface area contributed by atoms with Crippen molar-refractivity contribution in [3.63, 3.8) is 0 Å². The van der Waals surface area contributed by atoms with Gasteiger partial charge in [0, 0.05) is 0 Å². The predicted octanol–water partition coefficient (Wildman–Crippen LogP) is -0.338.